The molecular formula is C13H14N4O3S2. The summed E-state index contributed by atoms with van der Waals surface area (Å²) < 4.78 is 0.794. The first kappa shape index (κ1) is 16.4. The zero-order valence-corrected chi connectivity index (χ0v) is 13.4. The van der Waals surface area contributed by atoms with Gasteiger partial charge in [0.2, 0.25) is 11.0 Å². The van der Waals surface area contributed by atoms with Crippen molar-refractivity contribution < 1.29 is 9.72 Å². The molecule has 2 aromatic rings. The van der Waals surface area contributed by atoms with Crippen LogP contribution in [0, 0.1) is 10.1 Å². The highest BCUT2D eigenvalue weighted by molar-refractivity contribution is 8.01. The fourth-order valence-electron chi connectivity index (χ4n) is 1.68. The monoisotopic (exact) mass is 338 g/mol. The van der Waals surface area contributed by atoms with E-state index in [1.54, 1.807) is 30.0 Å². The van der Waals surface area contributed by atoms with Crippen LogP contribution in [0.3, 0.4) is 0 Å². The Hall–Kier alpha value is -2.00. The summed E-state index contributed by atoms with van der Waals surface area (Å²) in [6, 6.07) is 6.19. The molecule has 1 amide bonds. The minimum absolute atomic E-state index is 0.0610. The Morgan fingerprint density at radius 2 is 2.18 bits per heavy atom. The van der Waals surface area contributed by atoms with E-state index < -0.39 is 4.92 Å². The summed E-state index contributed by atoms with van der Waals surface area (Å²) >= 11 is 2.88. The number of amides is 1. The second-order valence-corrected chi connectivity index (χ2v) is 6.65. The molecule has 0 saturated heterocycles. The summed E-state index contributed by atoms with van der Waals surface area (Å²) in [5.41, 5.74) is 0.309. The van der Waals surface area contributed by atoms with Crippen LogP contribution in [0.4, 0.5) is 10.8 Å². The maximum Gasteiger partial charge on any atom is 0.273 e. The number of nitro benzene ring substituents is 1. The van der Waals surface area contributed by atoms with Crippen LogP contribution >= 0.6 is 23.1 Å². The first-order valence-corrected chi connectivity index (χ1v) is 8.38. The number of nitrogens with zero attached hydrogens (tertiary/aromatic N) is 3. The lowest BCUT2D eigenvalue weighted by molar-refractivity contribution is -0.385. The molecular weight excluding hydrogens is 324 g/mol. The van der Waals surface area contributed by atoms with Gasteiger partial charge in [-0.05, 0) is 6.42 Å². The fraction of sp³-hybridized carbons (Fsp3) is 0.308. The third-order valence-corrected chi connectivity index (χ3v) is 4.80. The third kappa shape index (κ3) is 4.50. The van der Waals surface area contributed by atoms with Gasteiger partial charge in [0.15, 0.2) is 4.34 Å². The summed E-state index contributed by atoms with van der Waals surface area (Å²) in [4.78, 5) is 22.4. The molecule has 22 heavy (non-hydrogen) atoms. The topological polar surface area (TPSA) is 98.0 Å². The second kappa shape index (κ2) is 7.85. The number of carbonyl (C=O) groups is 1. The van der Waals surface area contributed by atoms with Gasteiger partial charge in [0.1, 0.15) is 0 Å². The van der Waals surface area contributed by atoms with Crippen molar-refractivity contribution in [2.45, 2.75) is 24.1 Å². The van der Waals surface area contributed by atoms with Crippen LogP contribution < -0.4 is 5.32 Å². The van der Waals surface area contributed by atoms with Crippen molar-refractivity contribution in [3.63, 3.8) is 0 Å². The molecule has 0 aliphatic heterocycles. The Labute approximate surface area is 135 Å². The van der Waals surface area contributed by atoms with E-state index in [1.165, 1.54) is 17.4 Å². The largest absolute Gasteiger partial charge is 0.300 e. The number of hydrogen-bond donors (Lipinski definition) is 1. The van der Waals surface area contributed by atoms with Crippen molar-refractivity contribution in [2.75, 3.05) is 11.1 Å². The third-order valence-electron chi connectivity index (χ3n) is 2.62. The van der Waals surface area contributed by atoms with Crippen LogP contribution in [0.25, 0.3) is 0 Å². The van der Waals surface area contributed by atoms with Gasteiger partial charge in [-0.2, -0.15) is 0 Å². The van der Waals surface area contributed by atoms with E-state index in [2.05, 4.69) is 22.4 Å². The van der Waals surface area contributed by atoms with Gasteiger partial charge in [0.05, 0.1) is 11.3 Å². The molecule has 1 aromatic heterocycles. The van der Waals surface area contributed by atoms with Crippen LogP contribution in [0.15, 0.2) is 28.6 Å². The van der Waals surface area contributed by atoms with E-state index in [4.69, 9.17) is 0 Å². The van der Waals surface area contributed by atoms with Crippen LogP contribution in [0.5, 0.6) is 0 Å². The molecule has 2 rings (SSSR count). The average molecular weight is 338 g/mol. The number of rotatable bonds is 7. The van der Waals surface area contributed by atoms with Crippen LogP contribution in [0.2, 0.25) is 0 Å². The van der Waals surface area contributed by atoms with Crippen molar-refractivity contribution in [2.24, 2.45) is 0 Å². The van der Waals surface area contributed by atoms with E-state index in [0.717, 1.165) is 16.5 Å². The predicted octanol–water partition coefficient (Wildman–Crippen LogP) is 3.13. The van der Waals surface area contributed by atoms with Gasteiger partial charge in [-0.1, -0.05) is 48.2 Å². The quantitative estimate of drug-likeness (QED) is 0.360. The average Bonchev–Trinajstić information content (AvgIpc) is 2.92. The number of aromatic nitrogens is 2. The van der Waals surface area contributed by atoms with Gasteiger partial charge < -0.3 is 5.32 Å². The number of benzene rings is 1. The van der Waals surface area contributed by atoms with Gasteiger partial charge in [0, 0.05) is 17.4 Å². The number of para-hydroxylation sites is 1. The summed E-state index contributed by atoms with van der Waals surface area (Å²) in [6.07, 6.45) is 0.956. The molecule has 0 fully saturated rings. The van der Waals surface area contributed by atoms with Gasteiger partial charge in [0.25, 0.3) is 5.69 Å². The van der Waals surface area contributed by atoms with E-state index in [-0.39, 0.29) is 18.0 Å². The van der Waals surface area contributed by atoms with Gasteiger partial charge in [-0.25, -0.2) is 0 Å². The Morgan fingerprint density at radius 3 is 2.91 bits per heavy atom. The SMILES string of the molecule is CCCSc1nnc(NC(=O)Cc2ccccc2[N+](=O)[O-])s1. The minimum atomic E-state index is -0.493. The van der Waals surface area contributed by atoms with E-state index in [9.17, 15) is 14.9 Å². The van der Waals surface area contributed by atoms with E-state index in [0.29, 0.717) is 10.7 Å². The lowest BCUT2D eigenvalue weighted by atomic mass is 10.1. The zero-order chi connectivity index (χ0) is 15.9. The second-order valence-electron chi connectivity index (χ2n) is 4.33. The predicted molar refractivity (Wildman–Crippen MR) is 86.4 cm³/mol. The maximum atomic E-state index is 12.0. The molecule has 0 spiro atoms. The van der Waals surface area contributed by atoms with Gasteiger partial charge in [-0.3, -0.25) is 14.9 Å². The molecule has 1 heterocycles. The molecule has 0 aliphatic carbocycles. The number of nitro groups is 1. The molecule has 0 unspecified atom stereocenters. The summed E-state index contributed by atoms with van der Waals surface area (Å²) in [5, 5.41) is 21.8. The number of hydrogen-bond acceptors (Lipinski definition) is 7. The summed E-state index contributed by atoms with van der Waals surface area (Å²) in [6.45, 7) is 2.07. The molecule has 1 aromatic carbocycles. The van der Waals surface area contributed by atoms with Crippen molar-refractivity contribution in [3.05, 3.63) is 39.9 Å². The number of carbonyl (C=O) groups excluding carboxylic acids is 1. The first-order valence-electron chi connectivity index (χ1n) is 6.58. The van der Waals surface area contributed by atoms with Gasteiger partial charge >= 0.3 is 0 Å². The molecule has 1 N–H and O–H groups in total. The smallest absolute Gasteiger partial charge is 0.273 e. The summed E-state index contributed by atoms with van der Waals surface area (Å²) in [7, 11) is 0. The van der Waals surface area contributed by atoms with Crippen molar-refractivity contribution in [3.8, 4) is 0 Å². The highest BCUT2D eigenvalue weighted by Gasteiger charge is 2.16. The fourth-order valence-corrected chi connectivity index (χ4v) is 3.38. The maximum absolute atomic E-state index is 12.0. The lowest BCUT2D eigenvalue weighted by Gasteiger charge is -2.02. The van der Waals surface area contributed by atoms with Gasteiger partial charge in [-0.15, -0.1) is 10.2 Å². The molecule has 0 aliphatic rings. The highest BCUT2D eigenvalue weighted by Crippen LogP contribution is 2.26. The molecule has 0 radical (unpaired) electrons. The molecule has 116 valence electrons. The Morgan fingerprint density at radius 1 is 1.41 bits per heavy atom. The van der Waals surface area contributed by atoms with Crippen LogP contribution in [0.1, 0.15) is 18.9 Å². The molecule has 0 saturated carbocycles. The lowest BCUT2D eigenvalue weighted by Crippen LogP contribution is -2.15. The number of thioether (sulfide) groups is 1. The van der Waals surface area contributed by atoms with E-state index in [1.807, 2.05) is 0 Å². The molecule has 7 nitrogen and oxygen atoms in total. The van der Waals surface area contributed by atoms with Crippen molar-refractivity contribution in [1.29, 1.82) is 0 Å². The Balaban J connectivity index is 1.98. The van der Waals surface area contributed by atoms with Crippen LogP contribution in [-0.4, -0.2) is 26.8 Å². The standard InChI is InChI=1S/C13H14N4O3S2/c1-2-7-21-13-16-15-12(22-13)14-11(18)8-9-5-3-4-6-10(9)17(19)20/h3-6H,2,7-8H2,1H3,(H,14,15,18). The number of nitrogens with one attached hydrogen (secondary N) is 1. The van der Waals surface area contributed by atoms with Crippen molar-refractivity contribution in [1.82, 2.24) is 10.2 Å². The molecule has 0 atom stereocenters. The zero-order valence-electron chi connectivity index (χ0n) is 11.8. The minimum Gasteiger partial charge on any atom is -0.300 e. The normalized spacial score (nSPS) is 10.4. The Bertz CT molecular complexity index is 675. The first-order chi connectivity index (χ1) is 10.6. The van der Waals surface area contributed by atoms with E-state index >= 15 is 0 Å². The molecule has 9 heteroatoms. The number of anilines is 1. The van der Waals surface area contributed by atoms with Crippen LogP contribution in [-0.2, 0) is 11.2 Å². The molecule has 0 bridgehead atoms. The Kier molecular flexibility index (Phi) is 5.84. The van der Waals surface area contributed by atoms with Crippen molar-refractivity contribution >= 4 is 39.8 Å². The highest BCUT2D eigenvalue weighted by atomic mass is 32.2. The summed E-state index contributed by atoms with van der Waals surface area (Å²) in [5.74, 6) is 0.594.